The molecule has 0 bridgehead atoms. The Hall–Kier alpha value is -1.59. The average molecular weight is 296 g/mol. The maximum absolute atomic E-state index is 12.2. The normalized spacial score (nSPS) is 24.5. The summed E-state index contributed by atoms with van der Waals surface area (Å²) in [5.41, 5.74) is 0. The van der Waals surface area contributed by atoms with Crippen molar-refractivity contribution in [2.24, 2.45) is 5.92 Å². The van der Waals surface area contributed by atoms with Gasteiger partial charge in [0, 0.05) is 25.4 Å². The molecule has 2 unspecified atom stereocenters. The summed E-state index contributed by atoms with van der Waals surface area (Å²) in [5, 5.41) is 11.0. The molecule has 1 aliphatic carbocycles. The van der Waals surface area contributed by atoms with E-state index in [1.165, 1.54) is 12.8 Å². The number of urea groups is 1. The zero-order chi connectivity index (χ0) is 15.2. The third-order valence-corrected chi connectivity index (χ3v) is 4.56. The number of unbranched alkanes of at least 4 members (excludes halogenated alkanes) is 1. The molecular formula is C15H24N2O4. The number of aliphatic carboxylic acids is 1. The number of hydrogen-bond donors (Lipinski definition) is 2. The molecular weight excluding hydrogens is 272 g/mol. The number of likely N-dealkylation sites (tertiary alicyclic amines) is 1. The van der Waals surface area contributed by atoms with E-state index in [-0.39, 0.29) is 24.8 Å². The third-order valence-electron chi connectivity index (χ3n) is 4.56. The van der Waals surface area contributed by atoms with Crippen LogP contribution in [0.3, 0.4) is 0 Å². The number of nitrogens with one attached hydrogen (secondary N) is 1. The van der Waals surface area contributed by atoms with Gasteiger partial charge in [0.05, 0.1) is 0 Å². The SMILES string of the molecule is O=C(O)CCCCC(=O)NC(=O)N1CCC2CCCCC21. The van der Waals surface area contributed by atoms with Gasteiger partial charge in [0.25, 0.3) is 0 Å². The second kappa shape index (κ2) is 7.43. The minimum atomic E-state index is -0.855. The standard InChI is InChI=1S/C15H24N2O4/c18-13(7-3-4-8-14(19)20)16-15(21)17-10-9-11-5-1-2-6-12(11)17/h11-12H,1-10H2,(H,19,20)(H,16,18,21). The van der Waals surface area contributed by atoms with Crippen molar-refractivity contribution in [1.82, 2.24) is 10.2 Å². The lowest BCUT2D eigenvalue weighted by atomic mass is 9.85. The van der Waals surface area contributed by atoms with Gasteiger partial charge in [0.1, 0.15) is 0 Å². The quantitative estimate of drug-likeness (QED) is 0.761. The van der Waals surface area contributed by atoms with Crippen LogP contribution in [0.2, 0.25) is 0 Å². The monoisotopic (exact) mass is 296 g/mol. The molecule has 6 heteroatoms. The van der Waals surface area contributed by atoms with Crippen LogP contribution >= 0.6 is 0 Å². The molecule has 1 saturated carbocycles. The lowest BCUT2D eigenvalue weighted by Crippen LogP contribution is -2.46. The topological polar surface area (TPSA) is 86.7 Å². The first kappa shape index (κ1) is 15.8. The number of rotatable bonds is 5. The third kappa shape index (κ3) is 4.44. The van der Waals surface area contributed by atoms with Gasteiger partial charge in [-0.2, -0.15) is 0 Å². The number of imide groups is 1. The molecule has 2 fully saturated rings. The molecule has 1 saturated heterocycles. The van der Waals surface area contributed by atoms with Gasteiger partial charge in [-0.3, -0.25) is 14.9 Å². The van der Waals surface area contributed by atoms with Gasteiger partial charge < -0.3 is 10.0 Å². The molecule has 0 aromatic rings. The number of carboxylic acids is 1. The van der Waals surface area contributed by atoms with E-state index < -0.39 is 5.97 Å². The highest BCUT2D eigenvalue weighted by Crippen LogP contribution is 2.35. The zero-order valence-electron chi connectivity index (χ0n) is 12.3. The molecule has 2 rings (SSSR count). The predicted octanol–water partition coefficient (Wildman–Crippen LogP) is 2.13. The number of carbonyl (C=O) groups is 3. The Kier molecular flexibility index (Phi) is 5.59. The summed E-state index contributed by atoms with van der Waals surface area (Å²) in [6.45, 7) is 0.744. The van der Waals surface area contributed by atoms with Crippen LogP contribution in [-0.2, 0) is 9.59 Å². The van der Waals surface area contributed by atoms with Crippen molar-refractivity contribution in [2.75, 3.05) is 6.54 Å². The fourth-order valence-corrected chi connectivity index (χ4v) is 3.47. The molecule has 0 spiro atoms. The molecule has 2 aliphatic rings. The number of fused-ring (bicyclic) bond motifs is 1. The summed E-state index contributed by atoms with van der Waals surface area (Å²) in [6, 6.07) is 0.0335. The molecule has 0 aromatic heterocycles. The first-order valence-corrected chi connectivity index (χ1v) is 7.90. The molecule has 3 amide bonds. The van der Waals surface area contributed by atoms with Gasteiger partial charge in [-0.05, 0) is 38.0 Å². The lowest BCUT2D eigenvalue weighted by Gasteiger charge is -2.31. The Morgan fingerprint density at radius 3 is 2.52 bits per heavy atom. The lowest BCUT2D eigenvalue weighted by molar-refractivity contribution is -0.137. The molecule has 0 radical (unpaired) electrons. The molecule has 2 atom stereocenters. The maximum atomic E-state index is 12.2. The van der Waals surface area contributed by atoms with Gasteiger partial charge in [0.15, 0.2) is 0 Å². The largest absolute Gasteiger partial charge is 0.481 e. The van der Waals surface area contributed by atoms with E-state index in [0.29, 0.717) is 24.8 Å². The number of hydrogen-bond acceptors (Lipinski definition) is 3. The van der Waals surface area contributed by atoms with E-state index in [9.17, 15) is 14.4 Å². The van der Waals surface area contributed by atoms with Crippen molar-refractivity contribution in [3.05, 3.63) is 0 Å². The maximum Gasteiger partial charge on any atom is 0.324 e. The first-order chi connectivity index (χ1) is 10.1. The van der Waals surface area contributed by atoms with E-state index in [0.717, 1.165) is 25.8 Å². The Bertz CT molecular complexity index is 410. The molecule has 1 heterocycles. The summed E-state index contributed by atoms with van der Waals surface area (Å²) >= 11 is 0. The fraction of sp³-hybridized carbons (Fsp3) is 0.800. The molecule has 1 aliphatic heterocycles. The van der Waals surface area contributed by atoms with Crippen molar-refractivity contribution in [3.8, 4) is 0 Å². The highest BCUT2D eigenvalue weighted by molar-refractivity contribution is 5.94. The van der Waals surface area contributed by atoms with E-state index in [1.54, 1.807) is 0 Å². The number of nitrogens with zero attached hydrogens (tertiary/aromatic N) is 1. The average Bonchev–Trinajstić information content (AvgIpc) is 2.87. The van der Waals surface area contributed by atoms with Crippen LogP contribution in [0, 0.1) is 5.92 Å². The molecule has 6 nitrogen and oxygen atoms in total. The van der Waals surface area contributed by atoms with Gasteiger partial charge in [-0.15, -0.1) is 0 Å². The summed E-state index contributed by atoms with van der Waals surface area (Å²) < 4.78 is 0. The Morgan fingerprint density at radius 2 is 1.76 bits per heavy atom. The minimum absolute atomic E-state index is 0.0666. The molecule has 2 N–H and O–H groups in total. The smallest absolute Gasteiger partial charge is 0.324 e. The number of carbonyl (C=O) groups excluding carboxylic acids is 2. The van der Waals surface area contributed by atoms with Gasteiger partial charge in [-0.25, -0.2) is 4.79 Å². The fourth-order valence-electron chi connectivity index (χ4n) is 3.47. The van der Waals surface area contributed by atoms with E-state index in [2.05, 4.69) is 5.32 Å². The van der Waals surface area contributed by atoms with Gasteiger partial charge in [-0.1, -0.05) is 12.8 Å². The van der Waals surface area contributed by atoms with Crippen molar-refractivity contribution in [1.29, 1.82) is 0 Å². The van der Waals surface area contributed by atoms with Crippen molar-refractivity contribution in [3.63, 3.8) is 0 Å². The summed E-state index contributed by atoms with van der Waals surface area (Å²) in [7, 11) is 0. The molecule has 0 aromatic carbocycles. The van der Waals surface area contributed by atoms with E-state index in [4.69, 9.17) is 5.11 Å². The first-order valence-electron chi connectivity index (χ1n) is 7.90. The Labute approximate surface area is 124 Å². The van der Waals surface area contributed by atoms with Crippen LogP contribution < -0.4 is 5.32 Å². The Morgan fingerprint density at radius 1 is 1.05 bits per heavy atom. The second-order valence-corrected chi connectivity index (χ2v) is 6.05. The van der Waals surface area contributed by atoms with Crippen LogP contribution in [-0.4, -0.2) is 40.5 Å². The summed E-state index contributed by atoms with van der Waals surface area (Å²) in [5.74, 6) is -0.549. The van der Waals surface area contributed by atoms with Gasteiger partial charge in [0.2, 0.25) is 5.91 Å². The van der Waals surface area contributed by atoms with Crippen LogP contribution in [0.5, 0.6) is 0 Å². The predicted molar refractivity (Wildman–Crippen MR) is 76.7 cm³/mol. The second-order valence-electron chi connectivity index (χ2n) is 6.05. The summed E-state index contributed by atoms with van der Waals surface area (Å²) in [4.78, 5) is 36.0. The highest BCUT2D eigenvalue weighted by atomic mass is 16.4. The van der Waals surface area contributed by atoms with E-state index in [1.807, 2.05) is 4.90 Å². The van der Waals surface area contributed by atoms with Crippen LogP contribution in [0.15, 0.2) is 0 Å². The van der Waals surface area contributed by atoms with Crippen LogP contribution in [0.25, 0.3) is 0 Å². The Balaban J connectivity index is 1.71. The minimum Gasteiger partial charge on any atom is -0.481 e. The van der Waals surface area contributed by atoms with E-state index >= 15 is 0 Å². The molecule has 21 heavy (non-hydrogen) atoms. The summed E-state index contributed by atoms with van der Waals surface area (Å²) in [6.07, 6.45) is 6.93. The zero-order valence-corrected chi connectivity index (χ0v) is 12.3. The molecule has 118 valence electrons. The highest BCUT2D eigenvalue weighted by Gasteiger charge is 2.38. The van der Waals surface area contributed by atoms with Crippen LogP contribution in [0.1, 0.15) is 57.8 Å². The van der Waals surface area contributed by atoms with Gasteiger partial charge >= 0.3 is 12.0 Å². The van der Waals surface area contributed by atoms with Crippen LogP contribution in [0.4, 0.5) is 4.79 Å². The number of amides is 3. The van der Waals surface area contributed by atoms with Crippen molar-refractivity contribution in [2.45, 2.75) is 63.8 Å². The van der Waals surface area contributed by atoms with Crippen molar-refractivity contribution >= 4 is 17.9 Å². The van der Waals surface area contributed by atoms with Crippen molar-refractivity contribution < 1.29 is 19.5 Å². The number of carboxylic acid groups (broad SMARTS) is 1.